The highest BCUT2D eigenvalue weighted by Gasteiger charge is 2.26. The standard InChI is InChI=1S/C21H34N2O2/c1-17(2)25-21-7-5-4-6-19(21)15-22(3)20-8-11-23(12-9-20)14-18-10-13-24-16-18/h4-7,17-18,20H,8-16H2,1-3H3. The van der Waals surface area contributed by atoms with Crippen LogP contribution < -0.4 is 4.74 Å². The molecule has 140 valence electrons. The zero-order valence-electron chi connectivity index (χ0n) is 16.1. The molecule has 4 nitrogen and oxygen atoms in total. The summed E-state index contributed by atoms with van der Waals surface area (Å²) in [5, 5.41) is 0. The van der Waals surface area contributed by atoms with Gasteiger partial charge in [-0.15, -0.1) is 0 Å². The molecule has 2 saturated heterocycles. The quantitative estimate of drug-likeness (QED) is 0.755. The summed E-state index contributed by atoms with van der Waals surface area (Å²) in [6.07, 6.45) is 3.98. The number of nitrogens with zero attached hydrogens (tertiary/aromatic N) is 2. The van der Waals surface area contributed by atoms with Crippen LogP contribution in [0.1, 0.15) is 38.7 Å². The minimum absolute atomic E-state index is 0.217. The van der Waals surface area contributed by atoms with E-state index in [1.165, 1.54) is 44.5 Å². The molecule has 1 aromatic rings. The van der Waals surface area contributed by atoms with Gasteiger partial charge >= 0.3 is 0 Å². The van der Waals surface area contributed by atoms with E-state index in [9.17, 15) is 0 Å². The molecule has 1 unspecified atom stereocenters. The molecule has 0 aliphatic carbocycles. The molecule has 3 rings (SSSR count). The van der Waals surface area contributed by atoms with E-state index in [0.717, 1.165) is 31.4 Å². The highest BCUT2D eigenvalue weighted by Crippen LogP contribution is 2.24. The lowest BCUT2D eigenvalue weighted by Gasteiger charge is -2.37. The maximum Gasteiger partial charge on any atom is 0.124 e. The van der Waals surface area contributed by atoms with Crippen LogP contribution in [0.3, 0.4) is 0 Å². The average Bonchev–Trinajstić information content (AvgIpc) is 3.10. The zero-order chi connectivity index (χ0) is 17.6. The Labute approximate surface area is 153 Å². The fourth-order valence-electron chi connectivity index (χ4n) is 4.04. The summed E-state index contributed by atoms with van der Waals surface area (Å²) in [6, 6.07) is 9.14. The maximum absolute atomic E-state index is 5.98. The Morgan fingerprint density at radius 3 is 2.64 bits per heavy atom. The van der Waals surface area contributed by atoms with E-state index in [2.05, 4.69) is 55.0 Å². The molecule has 1 aromatic carbocycles. The minimum Gasteiger partial charge on any atom is -0.491 e. The Balaban J connectivity index is 1.48. The summed E-state index contributed by atoms with van der Waals surface area (Å²) in [6.45, 7) is 10.7. The van der Waals surface area contributed by atoms with Crippen LogP contribution in [0.25, 0.3) is 0 Å². The van der Waals surface area contributed by atoms with Crippen LogP contribution in [0.15, 0.2) is 24.3 Å². The second-order valence-corrected chi connectivity index (χ2v) is 7.95. The second-order valence-electron chi connectivity index (χ2n) is 7.95. The van der Waals surface area contributed by atoms with Crippen LogP contribution in [0, 0.1) is 5.92 Å². The van der Waals surface area contributed by atoms with E-state index >= 15 is 0 Å². The Morgan fingerprint density at radius 2 is 1.96 bits per heavy atom. The molecule has 0 aromatic heterocycles. The first kappa shape index (κ1) is 18.7. The molecule has 0 N–H and O–H groups in total. The van der Waals surface area contributed by atoms with Crippen molar-refractivity contribution in [1.29, 1.82) is 0 Å². The predicted octanol–water partition coefficient (Wildman–Crippen LogP) is 3.41. The Morgan fingerprint density at radius 1 is 1.20 bits per heavy atom. The van der Waals surface area contributed by atoms with Crippen LogP contribution >= 0.6 is 0 Å². The fraction of sp³-hybridized carbons (Fsp3) is 0.714. The molecule has 0 saturated carbocycles. The van der Waals surface area contributed by atoms with Gasteiger partial charge in [-0.2, -0.15) is 0 Å². The van der Waals surface area contributed by atoms with Crippen molar-refractivity contribution in [3.8, 4) is 5.75 Å². The van der Waals surface area contributed by atoms with Gasteiger partial charge in [-0.1, -0.05) is 18.2 Å². The normalized spacial score (nSPS) is 22.8. The average molecular weight is 347 g/mol. The van der Waals surface area contributed by atoms with Crippen LogP contribution in [0.5, 0.6) is 5.75 Å². The monoisotopic (exact) mass is 346 g/mol. The van der Waals surface area contributed by atoms with E-state index in [1.807, 2.05) is 0 Å². The Kier molecular flexibility index (Phi) is 6.74. The molecule has 1 atom stereocenters. The van der Waals surface area contributed by atoms with E-state index in [0.29, 0.717) is 6.04 Å². The third kappa shape index (κ3) is 5.44. The highest BCUT2D eigenvalue weighted by atomic mass is 16.5. The van der Waals surface area contributed by atoms with Gasteiger partial charge in [-0.05, 0) is 65.2 Å². The number of hydrogen-bond acceptors (Lipinski definition) is 4. The minimum atomic E-state index is 0.217. The van der Waals surface area contributed by atoms with Gasteiger partial charge < -0.3 is 14.4 Å². The van der Waals surface area contributed by atoms with E-state index in [1.54, 1.807) is 0 Å². The van der Waals surface area contributed by atoms with Crippen LogP contribution in [-0.2, 0) is 11.3 Å². The molecular weight excluding hydrogens is 312 g/mol. The van der Waals surface area contributed by atoms with Gasteiger partial charge in [0.1, 0.15) is 5.75 Å². The third-order valence-electron chi connectivity index (χ3n) is 5.48. The Hall–Kier alpha value is -1.10. The van der Waals surface area contributed by atoms with Gasteiger partial charge in [-0.3, -0.25) is 4.90 Å². The van der Waals surface area contributed by atoms with Crippen molar-refractivity contribution >= 4 is 0 Å². The first-order valence-corrected chi connectivity index (χ1v) is 9.86. The number of likely N-dealkylation sites (tertiary alicyclic amines) is 1. The summed E-state index contributed by atoms with van der Waals surface area (Å²) in [7, 11) is 2.26. The number of piperidine rings is 1. The first-order chi connectivity index (χ1) is 12.1. The van der Waals surface area contributed by atoms with Crippen molar-refractivity contribution in [2.45, 2.75) is 51.8 Å². The van der Waals surface area contributed by atoms with E-state index in [-0.39, 0.29) is 6.10 Å². The van der Waals surface area contributed by atoms with E-state index in [4.69, 9.17) is 9.47 Å². The predicted molar refractivity (Wildman–Crippen MR) is 102 cm³/mol. The fourth-order valence-corrected chi connectivity index (χ4v) is 4.04. The SMILES string of the molecule is CC(C)Oc1ccccc1CN(C)C1CCN(CC2CCOC2)CC1. The van der Waals surface area contributed by atoms with Gasteiger partial charge in [0.05, 0.1) is 12.7 Å². The third-order valence-corrected chi connectivity index (χ3v) is 5.48. The van der Waals surface area contributed by atoms with Crippen LogP contribution in [0.4, 0.5) is 0 Å². The second kappa shape index (κ2) is 9.02. The Bertz CT molecular complexity index is 520. The lowest BCUT2D eigenvalue weighted by molar-refractivity contribution is 0.106. The van der Waals surface area contributed by atoms with Gasteiger partial charge in [0, 0.05) is 31.3 Å². The van der Waals surface area contributed by atoms with Crippen LogP contribution in [-0.4, -0.2) is 61.8 Å². The van der Waals surface area contributed by atoms with Crippen LogP contribution in [0.2, 0.25) is 0 Å². The molecule has 2 aliphatic rings. The molecule has 0 bridgehead atoms. The number of rotatable bonds is 7. The van der Waals surface area contributed by atoms with Gasteiger partial charge in [0.15, 0.2) is 0 Å². The summed E-state index contributed by atoms with van der Waals surface area (Å²) < 4.78 is 11.5. The molecule has 0 radical (unpaired) electrons. The van der Waals surface area contributed by atoms with Crippen molar-refractivity contribution in [1.82, 2.24) is 9.80 Å². The molecule has 2 aliphatic heterocycles. The van der Waals surface area contributed by atoms with Crippen molar-refractivity contribution < 1.29 is 9.47 Å². The lowest BCUT2D eigenvalue weighted by Crippen LogP contribution is -2.44. The highest BCUT2D eigenvalue weighted by molar-refractivity contribution is 5.33. The number of benzene rings is 1. The molecular formula is C21H34N2O2. The van der Waals surface area contributed by atoms with Gasteiger partial charge in [-0.25, -0.2) is 0 Å². The maximum atomic E-state index is 5.98. The molecule has 2 fully saturated rings. The molecule has 2 heterocycles. The van der Waals surface area contributed by atoms with Crippen molar-refractivity contribution in [3.63, 3.8) is 0 Å². The molecule has 4 heteroatoms. The van der Waals surface area contributed by atoms with E-state index < -0.39 is 0 Å². The number of ether oxygens (including phenoxy) is 2. The van der Waals surface area contributed by atoms with Crippen molar-refractivity contribution in [3.05, 3.63) is 29.8 Å². The van der Waals surface area contributed by atoms with Gasteiger partial charge in [0.25, 0.3) is 0 Å². The van der Waals surface area contributed by atoms with Gasteiger partial charge in [0.2, 0.25) is 0 Å². The number of para-hydroxylation sites is 1. The first-order valence-electron chi connectivity index (χ1n) is 9.86. The smallest absolute Gasteiger partial charge is 0.124 e. The van der Waals surface area contributed by atoms with Crippen molar-refractivity contribution in [2.75, 3.05) is 39.9 Å². The van der Waals surface area contributed by atoms with Crippen molar-refractivity contribution in [2.24, 2.45) is 5.92 Å². The summed E-state index contributed by atoms with van der Waals surface area (Å²) in [5.74, 6) is 1.79. The summed E-state index contributed by atoms with van der Waals surface area (Å²) in [4.78, 5) is 5.15. The summed E-state index contributed by atoms with van der Waals surface area (Å²) in [5.41, 5.74) is 1.30. The topological polar surface area (TPSA) is 24.9 Å². The lowest BCUT2D eigenvalue weighted by atomic mass is 10.0. The molecule has 0 amide bonds. The number of hydrogen-bond donors (Lipinski definition) is 0. The summed E-state index contributed by atoms with van der Waals surface area (Å²) >= 11 is 0. The molecule has 0 spiro atoms. The largest absolute Gasteiger partial charge is 0.491 e. The molecule has 25 heavy (non-hydrogen) atoms. The zero-order valence-corrected chi connectivity index (χ0v) is 16.1.